The molecule has 0 spiro atoms. The van der Waals surface area contributed by atoms with Gasteiger partial charge in [-0.1, -0.05) is 0 Å². The molecule has 0 aromatic rings. The molecule has 0 bridgehead atoms. The molecular formula is C4H9NO3. The van der Waals surface area contributed by atoms with Crippen LogP contribution >= 0.6 is 0 Å². The van der Waals surface area contributed by atoms with Crippen molar-refractivity contribution in [3.63, 3.8) is 0 Å². The highest BCUT2D eigenvalue weighted by atomic mass is 16.7. The Hall–Kier alpha value is -0.610. The number of carbonyl (C=O) groups excluding carboxylic acids is 1. The fourth-order valence-electron chi connectivity index (χ4n) is 0.244. The summed E-state index contributed by atoms with van der Waals surface area (Å²) in [7, 11) is 0. The Morgan fingerprint density at radius 3 is 3.00 bits per heavy atom. The summed E-state index contributed by atoms with van der Waals surface area (Å²) in [6.45, 7) is 0.905. The van der Waals surface area contributed by atoms with Crippen LogP contribution < -0.4 is 5.48 Å². The summed E-state index contributed by atoms with van der Waals surface area (Å²) >= 11 is 0. The molecule has 0 amide bonds. The molecule has 4 nitrogen and oxygen atoms in total. The van der Waals surface area contributed by atoms with E-state index in [-0.39, 0.29) is 6.61 Å². The third kappa shape index (κ3) is 5.39. The highest BCUT2D eigenvalue weighted by Crippen LogP contribution is 1.69. The van der Waals surface area contributed by atoms with Crippen LogP contribution in [0.15, 0.2) is 0 Å². The van der Waals surface area contributed by atoms with Gasteiger partial charge in [-0.2, -0.15) is 5.48 Å². The second kappa shape index (κ2) is 6.39. The maximum absolute atomic E-state index is 9.42. The molecule has 0 radical (unpaired) electrons. The quantitative estimate of drug-likeness (QED) is 0.278. The minimum atomic E-state index is 0.106. The normalized spacial score (nSPS) is 8.62. The Balaban J connectivity index is 2.62. The van der Waals surface area contributed by atoms with E-state index >= 15 is 0 Å². The summed E-state index contributed by atoms with van der Waals surface area (Å²) in [5, 5.41) is 8.18. The predicted octanol–water partition coefficient (Wildman–Crippen LogP) is -0.954. The monoisotopic (exact) mass is 119 g/mol. The molecule has 0 heterocycles. The number of hydrogen-bond acceptors (Lipinski definition) is 4. The van der Waals surface area contributed by atoms with Gasteiger partial charge < -0.3 is 9.94 Å². The van der Waals surface area contributed by atoms with E-state index in [1.165, 1.54) is 0 Å². The van der Waals surface area contributed by atoms with Gasteiger partial charge in [0.1, 0.15) is 0 Å². The third-order valence-corrected chi connectivity index (χ3v) is 0.568. The molecule has 0 aromatic carbocycles. The molecule has 0 aromatic heterocycles. The van der Waals surface area contributed by atoms with Gasteiger partial charge in [-0.15, -0.1) is 0 Å². The van der Waals surface area contributed by atoms with E-state index < -0.39 is 0 Å². The van der Waals surface area contributed by atoms with Crippen LogP contribution in [0, 0.1) is 0 Å². The number of nitrogens with one attached hydrogen (secondary N) is 1. The number of carbonyl (C=O) groups is 1. The lowest BCUT2D eigenvalue weighted by Gasteiger charge is -1.95. The van der Waals surface area contributed by atoms with Crippen LogP contribution in [0.1, 0.15) is 6.42 Å². The lowest BCUT2D eigenvalue weighted by atomic mass is 10.5. The molecule has 0 aliphatic heterocycles. The molecule has 0 aliphatic carbocycles. The number of rotatable bonds is 5. The summed E-state index contributed by atoms with van der Waals surface area (Å²) in [6, 6.07) is 0. The third-order valence-electron chi connectivity index (χ3n) is 0.568. The van der Waals surface area contributed by atoms with Gasteiger partial charge in [-0.25, -0.2) is 0 Å². The first kappa shape index (κ1) is 7.39. The molecule has 0 saturated heterocycles. The molecule has 0 atom stereocenters. The van der Waals surface area contributed by atoms with Gasteiger partial charge in [0.15, 0.2) is 0 Å². The smallest absolute Gasteiger partial charge is 0.312 e. The SMILES string of the molecule is O=CONCCCO. The van der Waals surface area contributed by atoms with E-state index in [0.717, 1.165) is 0 Å². The van der Waals surface area contributed by atoms with Crippen molar-refractivity contribution in [3.05, 3.63) is 0 Å². The van der Waals surface area contributed by atoms with Gasteiger partial charge in [-0.05, 0) is 6.42 Å². The van der Waals surface area contributed by atoms with Crippen LogP contribution in [-0.2, 0) is 9.63 Å². The highest BCUT2D eigenvalue weighted by Gasteiger charge is 1.81. The van der Waals surface area contributed by atoms with Crippen LogP contribution in [0.3, 0.4) is 0 Å². The maximum Gasteiger partial charge on any atom is 0.312 e. The van der Waals surface area contributed by atoms with Crippen molar-refractivity contribution in [1.82, 2.24) is 5.48 Å². The molecule has 0 aliphatic rings. The lowest BCUT2D eigenvalue weighted by Crippen LogP contribution is -2.15. The van der Waals surface area contributed by atoms with Crippen molar-refractivity contribution in [3.8, 4) is 0 Å². The number of hydroxylamine groups is 1. The van der Waals surface area contributed by atoms with E-state index in [1.54, 1.807) is 0 Å². The fraction of sp³-hybridized carbons (Fsp3) is 0.750. The highest BCUT2D eigenvalue weighted by molar-refractivity contribution is 5.36. The van der Waals surface area contributed by atoms with Crippen LogP contribution in [0.25, 0.3) is 0 Å². The second-order valence-corrected chi connectivity index (χ2v) is 1.19. The zero-order chi connectivity index (χ0) is 6.24. The molecular weight excluding hydrogens is 110 g/mol. The first-order valence-electron chi connectivity index (χ1n) is 2.35. The largest absolute Gasteiger partial charge is 0.396 e. The van der Waals surface area contributed by atoms with Gasteiger partial charge in [0.25, 0.3) is 0 Å². The van der Waals surface area contributed by atoms with Crippen molar-refractivity contribution >= 4 is 6.47 Å². The number of hydrogen-bond donors (Lipinski definition) is 2. The van der Waals surface area contributed by atoms with E-state index in [9.17, 15) is 4.79 Å². The van der Waals surface area contributed by atoms with E-state index in [4.69, 9.17) is 5.11 Å². The number of aliphatic hydroxyl groups excluding tert-OH is 1. The molecule has 0 unspecified atom stereocenters. The zero-order valence-corrected chi connectivity index (χ0v) is 4.46. The van der Waals surface area contributed by atoms with E-state index in [2.05, 4.69) is 10.3 Å². The Morgan fingerprint density at radius 1 is 1.75 bits per heavy atom. The Labute approximate surface area is 47.4 Å². The first-order chi connectivity index (χ1) is 3.91. The van der Waals surface area contributed by atoms with Crippen molar-refractivity contribution in [2.75, 3.05) is 13.2 Å². The van der Waals surface area contributed by atoms with Gasteiger partial charge in [0, 0.05) is 13.2 Å². The Kier molecular flexibility index (Phi) is 5.90. The Morgan fingerprint density at radius 2 is 2.50 bits per heavy atom. The average molecular weight is 119 g/mol. The molecule has 0 saturated carbocycles. The standard InChI is InChI=1S/C4H9NO3/c6-3-1-2-5-8-4-7/h4-6H,1-3H2. The first-order valence-corrected chi connectivity index (χ1v) is 2.35. The number of aliphatic hydroxyl groups is 1. The van der Waals surface area contributed by atoms with Crippen molar-refractivity contribution in [2.45, 2.75) is 6.42 Å². The minimum Gasteiger partial charge on any atom is -0.396 e. The fourth-order valence-corrected chi connectivity index (χ4v) is 0.244. The van der Waals surface area contributed by atoms with Crippen LogP contribution in [0.5, 0.6) is 0 Å². The van der Waals surface area contributed by atoms with E-state index in [1.807, 2.05) is 0 Å². The second-order valence-electron chi connectivity index (χ2n) is 1.19. The van der Waals surface area contributed by atoms with Crippen molar-refractivity contribution in [1.29, 1.82) is 0 Å². The maximum atomic E-state index is 9.42. The Bertz CT molecular complexity index is 57.2. The molecule has 4 heteroatoms. The molecule has 2 N–H and O–H groups in total. The summed E-state index contributed by atoms with van der Waals surface area (Å²) in [6.07, 6.45) is 0.591. The zero-order valence-electron chi connectivity index (χ0n) is 4.46. The minimum absolute atomic E-state index is 0.106. The average Bonchev–Trinajstić information content (AvgIpc) is 1.81. The van der Waals surface area contributed by atoms with E-state index in [0.29, 0.717) is 19.4 Å². The summed E-state index contributed by atoms with van der Waals surface area (Å²) in [5.41, 5.74) is 2.31. The van der Waals surface area contributed by atoms with Gasteiger partial charge in [0.05, 0.1) is 0 Å². The molecule has 0 fully saturated rings. The van der Waals surface area contributed by atoms with Crippen LogP contribution in [0.4, 0.5) is 0 Å². The predicted molar refractivity (Wildman–Crippen MR) is 26.9 cm³/mol. The lowest BCUT2D eigenvalue weighted by molar-refractivity contribution is -0.135. The van der Waals surface area contributed by atoms with Gasteiger partial charge in [0.2, 0.25) is 0 Å². The van der Waals surface area contributed by atoms with Crippen molar-refractivity contribution < 1.29 is 14.7 Å². The molecule has 8 heavy (non-hydrogen) atoms. The summed E-state index contributed by atoms with van der Waals surface area (Å²) in [5.74, 6) is 0. The molecule has 0 rings (SSSR count). The van der Waals surface area contributed by atoms with Gasteiger partial charge in [-0.3, -0.25) is 4.79 Å². The van der Waals surface area contributed by atoms with Crippen LogP contribution in [-0.4, -0.2) is 24.7 Å². The van der Waals surface area contributed by atoms with Crippen LogP contribution in [0.2, 0.25) is 0 Å². The summed E-state index contributed by atoms with van der Waals surface area (Å²) < 4.78 is 0. The molecule has 48 valence electrons. The summed E-state index contributed by atoms with van der Waals surface area (Å²) in [4.78, 5) is 13.5. The van der Waals surface area contributed by atoms with Gasteiger partial charge >= 0.3 is 6.47 Å². The topological polar surface area (TPSA) is 58.6 Å². The van der Waals surface area contributed by atoms with Crippen molar-refractivity contribution in [2.24, 2.45) is 0 Å².